The first kappa shape index (κ1) is 19.6. The van der Waals surface area contributed by atoms with Gasteiger partial charge in [-0.3, -0.25) is 0 Å². The lowest BCUT2D eigenvalue weighted by Crippen LogP contribution is -1.88. The van der Waals surface area contributed by atoms with E-state index in [1.807, 2.05) is 12.1 Å². The van der Waals surface area contributed by atoms with E-state index in [-0.39, 0.29) is 0 Å². The third-order valence-electron chi connectivity index (χ3n) is 5.72. The van der Waals surface area contributed by atoms with E-state index in [1.165, 1.54) is 66.0 Å². The van der Waals surface area contributed by atoms with Crippen LogP contribution in [0.2, 0.25) is 0 Å². The third-order valence-corrected chi connectivity index (χ3v) is 5.72. The molecule has 0 aliphatic carbocycles. The summed E-state index contributed by atoms with van der Waals surface area (Å²) < 4.78 is 26.8. The van der Waals surface area contributed by atoms with Crippen LogP contribution in [0.1, 0.15) is 44.6 Å². The second-order valence-electron chi connectivity index (χ2n) is 7.85. The summed E-state index contributed by atoms with van der Waals surface area (Å²) in [6.07, 6.45) is 7.62. The van der Waals surface area contributed by atoms with Gasteiger partial charge in [0.15, 0.2) is 11.6 Å². The number of rotatable bonds is 7. The molecule has 0 aromatic heterocycles. The Morgan fingerprint density at radius 2 is 1.24 bits per heavy atom. The average molecular weight is 389 g/mol. The van der Waals surface area contributed by atoms with E-state index in [0.29, 0.717) is 5.56 Å². The van der Waals surface area contributed by atoms with E-state index in [4.69, 9.17) is 0 Å². The van der Waals surface area contributed by atoms with E-state index in [1.54, 1.807) is 6.07 Å². The smallest absolute Gasteiger partial charge is 0.159 e. The van der Waals surface area contributed by atoms with Crippen LogP contribution >= 0.6 is 0 Å². The van der Waals surface area contributed by atoms with Crippen LogP contribution in [0.15, 0.2) is 66.7 Å². The number of unbranched alkanes of at least 4 members (excludes halogenated alkanes) is 4. The van der Waals surface area contributed by atoms with E-state index in [0.717, 1.165) is 17.4 Å². The Bertz CT molecular complexity index is 1140. The molecule has 0 saturated heterocycles. The molecular weight excluding hydrogens is 362 g/mol. The van der Waals surface area contributed by atoms with Gasteiger partial charge in [-0.1, -0.05) is 81.1 Å². The maximum absolute atomic E-state index is 13.6. The molecule has 0 saturated carbocycles. The highest BCUT2D eigenvalue weighted by atomic mass is 19.2. The van der Waals surface area contributed by atoms with Crippen molar-refractivity contribution in [1.29, 1.82) is 0 Å². The highest BCUT2D eigenvalue weighted by molar-refractivity contribution is 6.08. The predicted octanol–water partition coefficient (Wildman–Crippen LogP) is 8.45. The fraction of sp³-hybridized carbons (Fsp3) is 0.259. The molecule has 2 heteroatoms. The fourth-order valence-electron chi connectivity index (χ4n) is 4.06. The van der Waals surface area contributed by atoms with Crippen molar-refractivity contribution in [3.63, 3.8) is 0 Å². The Kier molecular flexibility index (Phi) is 5.89. The van der Waals surface area contributed by atoms with Gasteiger partial charge in [-0.2, -0.15) is 0 Å². The molecular formula is C27H26F2. The second kappa shape index (κ2) is 8.73. The number of hydrogen-bond acceptors (Lipinski definition) is 0. The molecule has 148 valence electrons. The molecule has 0 unspecified atom stereocenters. The second-order valence-corrected chi connectivity index (χ2v) is 7.85. The zero-order valence-electron chi connectivity index (χ0n) is 16.8. The molecule has 29 heavy (non-hydrogen) atoms. The van der Waals surface area contributed by atoms with Gasteiger partial charge in [0.2, 0.25) is 0 Å². The first-order valence-corrected chi connectivity index (χ1v) is 10.6. The van der Waals surface area contributed by atoms with Crippen molar-refractivity contribution in [2.45, 2.75) is 45.4 Å². The van der Waals surface area contributed by atoms with Crippen LogP contribution < -0.4 is 0 Å². The number of fused-ring (bicyclic) bond motifs is 3. The van der Waals surface area contributed by atoms with Crippen molar-refractivity contribution < 1.29 is 8.78 Å². The van der Waals surface area contributed by atoms with Crippen LogP contribution in [0, 0.1) is 11.6 Å². The standard InChI is InChI=1S/C27H26F2/c1-2-3-4-5-6-7-19-8-13-24-22(16-19)9-10-23-17-20(11-14-25(23)24)21-12-15-26(28)27(29)18-21/h8-18H,2-7H2,1H3. The summed E-state index contributed by atoms with van der Waals surface area (Å²) >= 11 is 0. The molecule has 0 bridgehead atoms. The highest BCUT2D eigenvalue weighted by Gasteiger charge is 2.07. The van der Waals surface area contributed by atoms with E-state index >= 15 is 0 Å². The molecule has 4 aromatic rings. The Hall–Kier alpha value is -2.74. The predicted molar refractivity (Wildman–Crippen MR) is 119 cm³/mol. The first-order chi connectivity index (χ1) is 14.2. The summed E-state index contributed by atoms with van der Waals surface area (Å²) in [5, 5.41) is 4.77. The summed E-state index contributed by atoms with van der Waals surface area (Å²) in [6, 6.07) is 21.2. The Balaban J connectivity index is 1.61. The van der Waals surface area contributed by atoms with Crippen LogP contribution in [-0.2, 0) is 6.42 Å². The molecule has 0 radical (unpaired) electrons. The Morgan fingerprint density at radius 1 is 0.586 bits per heavy atom. The molecule has 0 aliphatic heterocycles. The molecule has 4 aromatic carbocycles. The number of halogens is 2. The van der Waals surface area contributed by atoms with Crippen LogP contribution in [-0.4, -0.2) is 0 Å². The summed E-state index contributed by atoms with van der Waals surface area (Å²) in [7, 11) is 0. The lowest BCUT2D eigenvalue weighted by atomic mass is 9.95. The van der Waals surface area contributed by atoms with Gasteiger partial charge in [-0.15, -0.1) is 0 Å². The summed E-state index contributed by atoms with van der Waals surface area (Å²) in [4.78, 5) is 0. The zero-order chi connectivity index (χ0) is 20.2. The average Bonchev–Trinajstić information content (AvgIpc) is 2.75. The van der Waals surface area contributed by atoms with Gasteiger partial charge in [-0.25, -0.2) is 8.78 Å². The molecule has 0 nitrogen and oxygen atoms in total. The minimum absolute atomic E-state index is 0.685. The molecule has 0 fully saturated rings. The quantitative estimate of drug-likeness (QED) is 0.220. The monoisotopic (exact) mass is 388 g/mol. The number of hydrogen-bond donors (Lipinski definition) is 0. The van der Waals surface area contributed by atoms with Crippen molar-refractivity contribution in [1.82, 2.24) is 0 Å². The van der Waals surface area contributed by atoms with Crippen molar-refractivity contribution in [2.24, 2.45) is 0 Å². The van der Waals surface area contributed by atoms with Crippen molar-refractivity contribution in [3.8, 4) is 11.1 Å². The van der Waals surface area contributed by atoms with Gasteiger partial charge in [-0.05, 0) is 69.3 Å². The molecule has 0 aliphatic rings. The number of aryl methyl sites for hydroxylation is 1. The number of benzene rings is 4. The van der Waals surface area contributed by atoms with Crippen molar-refractivity contribution >= 4 is 21.5 Å². The Morgan fingerprint density at radius 3 is 2.00 bits per heavy atom. The summed E-state index contributed by atoms with van der Waals surface area (Å²) in [6.45, 7) is 2.24. The minimum atomic E-state index is -0.818. The SMILES string of the molecule is CCCCCCCc1ccc2c(ccc3cc(-c4ccc(F)c(F)c4)ccc32)c1. The molecule has 4 rings (SSSR count). The Labute approximate surface area is 171 Å². The van der Waals surface area contributed by atoms with E-state index in [2.05, 4.69) is 43.3 Å². The van der Waals surface area contributed by atoms with E-state index < -0.39 is 11.6 Å². The van der Waals surface area contributed by atoms with Gasteiger partial charge < -0.3 is 0 Å². The normalized spacial score (nSPS) is 11.4. The van der Waals surface area contributed by atoms with Crippen LogP contribution in [0.25, 0.3) is 32.7 Å². The van der Waals surface area contributed by atoms with Gasteiger partial charge in [0, 0.05) is 0 Å². The van der Waals surface area contributed by atoms with Crippen molar-refractivity contribution in [2.75, 3.05) is 0 Å². The largest absolute Gasteiger partial charge is 0.204 e. The lowest BCUT2D eigenvalue weighted by molar-refractivity contribution is 0.509. The van der Waals surface area contributed by atoms with Gasteiger partial charge in [0.25, 0.3) is 0 Å². The van der Waals surface area contributed by atoms with Gasteiger partial charge in [0.05, 0.1) is 0 Å². The maximum Gasteiger partial charge on any atom is 0.159 e. The van der Waals surface area contributed by atoms with Crippen LogP contribution in [0.4, 0.5) is 8.78 Å². The first-order valence-electron chi connectivity index (χ1n) is 10.6. The van der Waals surface area contributed by atoms with E-state index in [9.17, 15) is 8.78 Å². The van der Waals surface area contributed by atoms with Crippen molar-refractivity contribution in [3.05, 3.63) is 83.9 Å². The summed E-state index contributed by atoms with van der Waals surface area (Å²) in [5.41, 5.74) is 2.97. The fourth-order valence-corrected chi connectivity index (χ4v) is 4.06. The molecule has 0 atom stereocenters. The van der Waals surface area contributed by atoms with Gasteiger partial charge in [0.1, 0.15) is 0 Å². The maximum atomic E-state index is 13.6. The minimum Gasteiger partial charge on any atom is -0.204 e. The molecule has 0 N–H and O–H groups in total. The topological polar surface area (TPSA) is 0 Å². The highest BCUT2D eigenvalue weighted by Crippen LogP contribution is 2.31. The summed E-state index contributed by atoms with van der Waals surface area (Å²) in [5.74, 6) is -1.63. The zero-order valence-corrected chi connectivity index (χ0v) is 16.8. The lowest BCUT2D eigenvalue weighted by Gasteiger charge is -2.09. The van der Waals surface area contributed by atoms with Crippen LogP contribution in [0.5, 0.6) is 0 Å². The van der Waals surface area contributed by atoms with Crippen LogP contribution in [0.3, 0.4) is 0 Å². The third kappa shape index (κ3) is 4.32. The van der Waals surface area contributed by atoms with Gasteiger partial charge >= 0.3 is 0 Å². The molecule has 0 spiro atoms. The molecule has 0 amide bonds. The molecule has 0 heterocycles.